The Bertz CT molecular complexity index is 316. The minimum atomic E-state index is 0.186. The Hall–Kier alpha value is -1.06. The lowest BCUT2D eigenvalue weighted by molar-refractivity contribution is 0.135. The fourth-order valence-electron chi connectivity index (χ4n) is 2.10. The van der Waals surface area contributed by atoms with Crippen LogP contribution in [0, 0.1) is 0 Å². The molecule has 0 fully saturated rings. The second kappa shape index (κ2) is 9.78. The molecule has 0 amide bonds. The standard InChI is InChI=1S/C17H29NO2/c1-5-11-18-14(2)13-16-6-8-17(9-7-16)20-15(3)10-12-19-4/h6-9,14-15,18H,5,10-13H2,1-4H3. The summed E-state index contributed by atoms with van der Waals surface area (Å²) in [6, 6.07) is 8.95. The molecule has 0 aliphatic carbocycles. The van der Waals surface area contributed by atoms with Crippen LogP contribution in [0.15, 0.2) is 24.3 Å². The van der Waals surface area contributed by atoms with Crippen molar-refractivity contribution in [1.29, 1.82) is 0 Å². The molecule has 1 aromatic rings. The topological polar surface area (TPSA) is 30.5 Å². The molecule has 0 saturated carbocycles. The molecule has 0 aromatic heterocycles. The fraction of sp³-hybridized carbons (Fsp3) is 0.647. The van der Waals surface area contributed by atoms with Crippen LogP contribution in [0.25, 0.3) is 0 Å². The van der Waals surface area contributed by atoms with E-state index in [2.05, 4.69) is 50.4 Å². The SMILES string of the molecule is CCCNC(C)Cc1ccc(OC(C)CCOC)cc1. The molecule has 1 aromatic carbocycles. The van der Waals surface area contributed by atoms with Gasteiger partial charge in [-0.15, -0.1) is 0 Å². The molecular formula is C17H29NO2. The van der Waals surface area contributed by atoms with E-state index in [0.717, 1.165) is 31.7 Å². The molecule has 0 aliphatic heterocycles. The molecule has 0 aliphatic rings. The predicted octanol–water partition coefficient (Wildman–Crippen LogP) is 3.42. The number of rotatable bonds is 10. The van der Waals surface area contributed by atoms with E-state index in [-0.39, 0.29) is 6.10 Å². The highest BCUT2D eigenvalue weighted by Crippen LogP contribution is 2.16. The first-order valence-electron chi connectivity index (χ1n) is 7.63. The van der Waals surface area contributed by atoms with Gasteiger partial charge in [-0.05, 0) is 50.9 Å². The van der Waals surface area contributed by atoms with E-state index >= 15 is 0 Å². The Balaban J connectivity index is 2.39. The van der Waals surface area contributed by atoms with E-state index in [1.807, 2.05) is 0 Å². The zero-order chi connectivity index (χ0) is 14.8. The summed E-state index contributed by atoms with van der Waals surface area (Å²) in [5.74, 6) is 0.937. The molecule has 20 heavy (non-hydrogen) atoms. The highest BCUT2D eigenvalue weighted by atomic mass is 16.5. The maximum absolute atomic E-state index is 5.85. The average molecular weight is 279 g/mol. The molecular weight excluding hydrogens is 250 g/mol. The minimum Gasteiger partial charge on any atom is -0.491 e. The van der Waals surface area contributed by atoms with Crippen LogP contribution < -0.4 is 10.1 Å². The highest BCUT2D eigenvalue weighted by molar-refractivity contribution is 5.27. The minimum absolute atomic E-state index is 0.186. The molecule has 114 valence electrons. The Morgan fingerprint density at radius 1 is 1.15 bits per heavy atom. The van der Waals surface area contributed by atoms with Gasteiger partial charge in [0.05, 0.1) is 6.10 Å². The monoisotopic (exact) mass is 279 g/mol. The van der Waals surface area contributed by atoms with Gasteiger partial charge in [0.15, 0.2) is 0 Å². The number of ether oxygens (including phenoxy) is 2. The molecule has 0 spiro atoms. The van der Waals surface area contributed by atoms with Crippen molar-refractivity contribution in [3.63, 3.8) is 0 Å². The summed E-state index contributed by atoms with van der Waals surface area (Å²) in [5, 5.41) is 3.51. The average Bonchev–Trinajstić information content (AvgIpc) is 2.45. The molecule has 0 heterocycles. The van der Waals surface area contributed by atoms with Gasteiger partial charge in [-0.3, -0.25) is 0 Å². The lowest BCUT2D eigenvalue weighted by atomic mass is 10.1. The maximum Gasteiger partial charge on any atom is 0.119 e. The molecule has 0 bridgehead atoms. The summed E-state index contributed by atoms with van der Waals surface area (Å²) in [5.41, 5.74) is 1.35. The molecule has 2 atom stereocenters. The smallest absolute Gasteiger partial charge is 0.119 e. The van der Waals surface area contributed by atoms with Crippen molar-refractivity contribution < 1.29 is 9.47 Å². The second-order valence-electron chi connectivity index (χ2n) is 5.41. The normalized spacial score (nSPS) is 14.0. The predicted molar refractivity (Wildman–Crippen MR) is 84.5 cm³/mol. The first kappa shape index (κ1) is 17.0. The third-order valence-electron chi connectivity index (χ3n) is 3.27. The molecule has 1 N–H and O–H groups in total. The number of benzene rings is 1. The van der Waals surface area contributed by atoms with Crippen molar-refractivity contribution in [3.05, 3.63) is 29.8 Å². The van der Waals surface area contributed by atoms with Crippen LogP contribution in [-0.4, -0.2) is 32.4 Å². The summed E-state index contributed by atoms with van der Waals surface area (Å²) in [6.45, 7) is 8.31. The summed E-state index contributed by atoms with van der Waals surface area (Å²) < 4.78 is 10.9. The van der Waals surface area contributed by atoms with Gasteiger partial charge in [0.2, 0.25) is 0 Å². The van der Waals surface area contributed by atoms with E-state index in [0.29, 0.717) is 6.04 Å². The molecule has 1 rings (SSSR count). The lowest BCUT2D eigenvalue weighted by Crippen LogP contribution is -2.28. The number of methoxy groups -OCH3 is 1. The molecule has 3 nitrogen and oxygen atoms in total. The Morgan fingerprint density at radius 3 is 2.45 bits per heavy atom. The van der Waals surface area contributed by atoms with Crippen LogP contribution in [0.5, 0.6) is 5.75 Å². The van der Waals surface area contributed by atoms with Gasteiger partial charge in [-0.2, -0.15) is 0 Å². The maximum atomic E-state index is 5.85. The summed E-state index contributed by atoms with van der Waals surface area (Å²) in [6.07, 6.45) is 3.33. The second-order valence-corrected chi connectivity index (χ2v) is 5.41. The Morgan fingerprint density at radius 2 is 1.85 bits per heavy atom. The van der Waals surface area contributed by atoms with Gasteiger partial charge in [0.1, 0.15) is 5.75 Å². The van der Waals surface area contributed by atoms with E-state index in [4.69, 9.17) is 9.47 Å². The van der Waals surface area contributed by atoms with E-state index in [9.17, 15) is 0 Å². The third kappa shape index (κ3) is 6.92. The Labute approximate surface area is 123 Å². The van der Waals surface area contributed by atoms with E-state index in [1.54, 1.807) is 7.11 Å². The van der Waals surface area contributed by atoms with Gasteiger partial charge >= 0.3 is 0 Å². The molecule has 3 heteroatoms. The quantitative estimate of drug-likeness (QED) is 0.712. The summed E-state index contributed by atoms with van der Waals surface area (Å²) >= 11 is 0. The molecule has 0 saturated heterocycles. The van der Waals surface area contributed by atoms with E-state index < -0.39 is 0 Å². The summed E-state index contributed by atoms with van der Waals surface area (Å²) in [4.78, 5) is 0. The van der Waals surface area contributed by atoms with Gasteiger partial charge < -0.3 is 14.8 Å². The first-order valence-corrected chi connectivity index (χ1v) is 7.63. The van der Waals surface area contributed by atoms with Crippen LogP contribution in [0.1, 0.15) is 39.2 Å². The third-order valence-corrected chi connectivity index (χ3v) is 3.27. The zero-order valence-corrected chi connectivity index (χ0v) is 13.3. The largest absolute Gasteiger partial charge is 0.491 e. The number of hydrogen-bond acceptors (Lipinski definition) is 3. The number of hydrogen-bond donors (Lipinski definition) is 1. The van der Waals surface area contributed by atoms with Crippen molar-refractivity contribution in [2.45, 2.75) is 52.2 Å². The zero-order valence-electron chi connectivity index (χ0n) is 13.3. The van der Waals surface area contributed by atoms with Gasteiger partial charge in [-0.1, -0.05) is 19.1 Å². The van der Waals surface area contributed by atoms with Crippen LogP contribution in [0.3, 0.4) is 0 Å². The van der Waals surface area contributed by atoms with Gasteiger partial charge in [0.25, 0.3) is 0 Å². The van der Waals surface area contributed by atoms with Crippen LogP contribution >= 0.6 is 0 Å². The van der Waals surface area contributed by atoms with Crippen molar-refractivity contribution in [2.24, 2.45) is 0 Å². The Kier molecular flexibility index (Phi) is 8.31. The highest BCUT2D eigenvalue weighted by Gasteiger charge is 2.05. The van der Waals surface area contributed by atoms with Gasteiger partial charge in [0, 0.05) is 26.2 Å². The van der Waals surface area contributed by atoms with Gasteiger partial charge in [-0.25, -0.2) is 0 Å². The van der Waals surface area contributed by atoms with Crippen LogP contribution in [-0.2, 0) is 11.2 Å². The lowest BCUT2D eigenvalue weighted by Gasteiger charge is -2.16. The van der Waals surface area contributed by atoms with Crippen molar-refractivity contribution in [3.8, 4) is 5.75 Å². The first-order chi connectivity index (χ1) is 9.65. The van der Waals surface area contributed by atoms with E-state index in [1.165, 1.54) is 12.0 Å². The van der Waals surface area contributed by atoms with Crippen molar-refractivity contribution in [2.75, 3.05) is 20.3 Å². The van der Waals surface area contributed by atoms with Crippen LogP contribution in [0.2, 0.25) is 0 Å². The van der Waals surface area contributed by atoms with Crippen LogP contribution in [0.4, 0.5) is 0 Å². The van der Waals surface area contributed by atoms with Crippen molar-refractivity contribution >= 4 is 0 Å². The van der Waals surface area contributed by atoms with Crippen molar-refractivity contribution in [1.82, 2.24) is 5.32 Å². The fourth-order valence-corrected chi connectivity index (χ4v) is 2.10. The number of nitrogens with one attached hydrogen (secondary N) is 1. The molecule has 0 radical (unpaired) electrons. The molecule has 2 unspecified atom stereocenters. The summed E-state index contributed by atoms with van der Waals surface area (Å²) in [7, 11) is 1.72.